The van der Waals surface area contributed by atoms with Crippen molar-refractivity contribution in [2.24, 2.45) is 5.41 Å². The summed E-state index contributed by atoms with van der Waals surface area (Å²) in [6.45, 7) is 5.01. The number of carbonyl (C=O) groups excluding carboxylic acids is 2. The highest BCUT2D eigenvalue weighted by molar-refractivity contribution is 6.30. The van der Waals surface area contributed by atoms with Gasteiger partial charge in [-0.05, 0) is 46.1 Å². The molecule has 0 spiro atoms. The van der Waals surface area contributed by atoms with Gasteiger partial charge in [-0.15, -0.1) is 0 Å². The number of carbonyl (C=O) groups is 2. The van der Waals surface area contributed by atoms with Crippen LogP contribution in [0.4, 0.5) is 31.5 Å². The smallest absolute Gasteiger partial charge is 0.408 e. The molecule has 42 heavy (non-hydrogen) atoms. The zero-order chi connectivity index (χ0) is 31.3. The maximum Gasteiger partial charge on any atom is 0.408 e. The Kier molecular flexibility index (Phi) is 8.59. The Morgan fingerprint density at radius 2 is 1.90 bits per heavy atom. The second-order valence-electron chi connectivity index (χ2n) is 12.3. The van der Waals surface area contributed by atoms with Crippen LogP contribution in [0.2, 0.25) is 5.15 Å². The van der Waals surface area contributed by atoms with Crippen LogP contribution < -0.4 is 10.6 Å². The van der Waals surface area contributed by atoms with E-state index in [0.29, 0.717) is 0 Å². The van der Waals surface area contributed by atoms with Crippen LogP contribution in [0.1, 0.15) is 77.2 Å². The van der Waals surface area contributed by atoms with Crippen molar-refractivity contribution in [1.82, 2.24) is 30.1 Å². The molecule has 0 unspecified atom stereocenters. The van der Waals surface area contributed by atoms with Crippen molar-refractivity contribution in [2.45, 2.75) is 89.8 Å². The van der Waals surface area contributed by atoms with Crippen molar-refractivity contribution >= 4 is 29.4 Å². The van der Waals surface area contributed by atoms with E-state index in [1.807, 2.05) is 0 Å². The molecular weight excluding hydrogens is 591 g/mol. The van der Waals surface area contributed by atoms with Gasteiger partial charge in [0.25, 0.3) is 5.92 Å². The number of alkyl halides is 5. The molecule has 4 rings (SSSR count). The number of nitrogens with zero attached hydrogens (tertiary/aromatic N) is 4. The first kappa shape index (κ1) is 32.0. The van der Waals surface area contributed by atoms with Gasteiger partial charge in [0, 0.05) is 5.56 Å². The van der Waals surface area contributed by atoms with E-state index in [-0.39, 0.29) is 34.8 Å². The molecule has 2 aromatic heterocycles. The number of ether oxygens (including phenoxy) is 2. The number of alkyl carbamates (subject to hydrolysis) is 1. The largest absolute Gasteiger partial charge is 0.444 e. The molecule has 2 fully saturated rings. The summed E-state index contributed by atoms with van der Waals surface area (Å²) >= 11 is 6.48. The Balaban J connectivity index is 1.71. The molecule has 2 aliphatic rings. The number of nitrogens with one attached hydrogen (secondary N) is 2. The first-order valence-corrected chi connectivity index (χ1v) is 13.8. The fourth-order valence-electron chi connectivity index (χ4n) is 4.38. The lowest BCUT2D eigenvalue weighted by molar-refractivity contribution is -0.215. The average molecular weight is 625 g/mol. The van der Waals surface area contributed by atoms with Crippen LogP contribution >= 0.6 is 11.6 Å². The first-order chi connectivity index (χ1) is 19.2. The Labute approximate surface area is 244 Å². The van der Waals surface area contributed by atoms with Crippen molar-refractivity contribution in [1.29, 1.82) is 0 Å². The van der Waals surface area contributed by atoms with Crippen LogP contribution in [0.25, 0.3) is 5.65 Å². The number of fused-ring (bicyclic) bond motifs is 1. The van der Waals surface area contributed by atoms with E-state index in [0.717, 1.165) is 31.6 Å². The first-order valence-electron chi connectivity index (χ1n) is 13.4. The zero-order valence-electron chi connectivity index (χ0n) is 23.8. The predicted molar refractivity (Wildman–Crippen MR) is 141 cm³/mol. The summed E-state index contributed by atoms with van der Waals surface area (Å²) in [5.41, 5.74) is -2.83. The number of imidazole rings is 1. The van der Waals surface area contributed by atoms with E-state index in [1.54, 1.807) is 20.8 Å². The minimum atomic E-state index is -4.60. The summed E-state index contributed by atoms with van der Waals surface area (Å²) in [6.07, 6.45) is -3.28. The van der Waals surface area contributed by atoms with E-state index in [4.69, 9.17) is 21.1 Å². The average Bonchev–Trinajstić information content (AvgIpc) is 3.56. The van der Waals surface area contributed by atoms with Gasteiger partial charge in [0.2, 0.25) is 0 Å². The number of aromatic nitrogens is 3. The van der Waals surface area contributed by atoms with Gasteiger partial charge in [0.1, 0.15) is 5.60 Å². The highest BCUT2D eigenvalue weighted by Crippen LogP contribution is 2.44. The molecule has 3 amide bonds. The molecule has 1 aliphatic heterocycles. The molecule has 2 atom stereocenters. The lowest BCUT2D eigenvalue weighted by Gasteiger charge is -2.38. The summed E-state index contributed by atoms with van der Waals surface area (Å²) in [5, 5.41) is 8.73. The van der Waals surface area contributed by atoms with E-state index in [1.165, 1.54) is 16.8 Å². The van der Waals surface area contributed by atoms with E-state index in [2.05, 4.69) is 20.7 Å². The lowest BCUT2D eigenvalue weighted by atomic mass is 9.84. The normalized spacial score (nSPS) is 19.4. The number of halogens is 6. The Bertz CT molecular complexity index is 1320. The summed E-state index contributed by atoms with van der Waals surface area (Å²) in [5.74, 6) is -3.21. The quantitative estimate of drug-likeness (QED) is 0.341. The van der Waals surface area contributed by atoms with Crippen LogP contribution in [-0.4, -0.2) is 75.1 Å². The molecule has 16 heteroatoms. The Morgan fingerprint density at radius 3 is 2.50 bits per heavy atom. The molecule has 1 saturated carbocycles. The van der Waals surface area contributed by atoms with Crippen molar-refractivity contribution < 1.29 is 41.0 Å². The lowest BCUT2D eigenvalue weighted by Crippen LogP contribution is -2.58. The molecule has 2 N–H and O–H groups in total. The van der Waals surface area contributed by atoms with Gasteiger partial charge in [0.05, 0.1) is 55.2 Å². The van der Waals surface area contributed by atoms with Gasteiger partial charge in [-0.25, -0.2) is 27.9 Å². The second kappa shape index (κ2) is 11.3. The summed E-state index contributed by atoms with van der Waals surface area (Å²) in [4.78, 5) is 30.5. The summed E-state index contributed by atoms with van der Waals surface area (Å²) < 4.78 is 82.3. The number of urea groups is 1. The van der Waals surface area contributed by atoms with Crippen molar-refractivity contribution in [3.8, 4) is 0 Å². The van der Waals surface area contributed by atoms with Gasteiger partial charge in [-0.2, -0.15) is 18.3 Å². The highest BCUT2D eigenvalue weighted by atomic mass is 35.5. The Hall–Kier alpha value is -2.94. The fourth-order valence-corrected chi connectivity index (χ4v) is 4.65. The molecule has 3 heterocycles. The van der Waals surface area contributed by atoms with Crippen molar-refractivity contribution in [2.75, 3.05) is 19.7 Å². The van der Waals surface area contributed by atoms with Gasteiger partial charge < -0.3 is 25.0 Å². The topological polar surface area (TPSA) is 110 Å². The van der Waals surface area contributed by atoms with E-state index >= 15 is 0 Å². The maximum atomic E-state index is 14.3. The van der Waals surface area contributed by atoms with Gasteiger partial charge in [-0.1, -0.05) is 25.4 Å². The maximum absolute atomic E-state index is 14.3. The number of amides is 3. The third kappa shape index (κ3) is 7.71. The molecule has 0 aromatic carbocycles. The number of hydrogen-bond donors (Lipinski definition) is 2. The minimum absolute atomic E-state index is 0.0342. The van der Waals surface area contributed by atoms with Crippen LogP contribution in [0.15, 0.2) is 12.3 Å². The predicted octanol–water partition coefficient (Wildman–Crippen LogP) is 5.81. The van der Waals surface area contributed by atoms with Crippen molar-refractivity contribution in [3.63, 3.8) is 0 Å². The molecular formula is C26H34ClF5N6O4. The Morgan fingerprint density at radius 1 is 1.24 bits per heavy atom. The molecule has 234 valence electrons. The third-order valence-electron chi connectivity index (χ3n) is 6.89. The SMILES string of the molecule is CC(C)(C)OC(=O)N[C@@H](CC(C)(C)C(F)(F)F)c1cn2nc(Cl)c([C@@H](COC3CC3)N3CC(F)(F)CNC3=O)cc2n1. The molecule has 2 aromatic rings. The standard InChI is InChI=1S/C26H34ClF5N6O4/c1-23(2,3)42-22(40)35-16(9-24(4,5)26(30,31)32)17-10-38-19(34-17)8-15(20(27)36-38)18(11-41-14-6-7-14)37-13-25(28,29)12-33-21(37)39/h8,10,14,16,18H,6-7,9,11-13H2,1-5H3,(H,33,39)(H,35,40)/t16-,18+/m0/s1. The van der Waals surface area contributed by atoms with E-state index < -0.39 is 66.8 Å². The molecule has 0 bridgehead atoms. The third-order valence-corrected chi connectivity index (χ3v) is 7.19. The van der Waals surface area contributed by atoms with Crippen LogP contribution in [0, 0.1) is 5.41 Å². The number of rotatable bonds is 9. The number of hydrogen-bond acceptors (Lipinski definition) is 6. The van der Waals surface area contributed by atoms with E-state index in [9.17, 15) is 31.5 Å². The van der Waals surface area contributed by atoms with Crippen LogP contribution in [0.5, 0.6) is 0 Å². The highest BCUT2D eigenvalue weighted by Gasteiger charge is 2.49. The molecule has 0 radical (unpaired) electrons. The molecule has 10 nitrogen and oxygen atoms in total. The van der Waals surface area contributed by atoms with Crippen LogP contribution in [-0.2, 0) is 9.47 Å². The van der Waals surface area contributed by atoms with Crippen LogP contribution in [0.3, 0.4) is 0 Å². The molecule has 1 aliphatic carbocycles. The van der Waals surface area contributed by atoms with Gasteiger partial charge in [-0.3, -0.25) is 0 Å². The second-order valence-corrected chi connectivity index (χ2v) is 12.7. The van der Waals surface area contributed by atoms with Gasteiger partial charge in [0.15, 0.2) is 10.8 Å². The summed E-state index contributed by atoms with van der Waals surface area (Å²) in [6, 6.07) is -1.62. The van der Waals surface area contributed by atoms with Gasteiger partial charge >= 0.3 is 18.3 Å². The zero-order valence-corrected chi connectivity index (χ0v) is 24.6. The fraction of sp³-hybridized carbons (Fsp3) is 0.692. The van der Waals surface area contributed by atoms with Crippen molar-refractivity contribution in [3.05, 3.63) is 28.7 Å². The monoisotopic (exact) mass is 624 g/mol. The summed E-state index contributed by atoms with van der Waals surface area (Å²) in [7, 11) is 0. The molecule has 1 saturated heterocycles. The minimum Gasteiger partial charge on any atom is -0.444 e.